The van der Waals surface area contributed by atoms with E-state index >= 15 is 0 Å². The Hall–Kier alpha value is -3.62. The minimum Gasteiger partial charge on any atom is -0.338 e. The number of carbonyl (C=O) groups excluding carboxylic acids is 2. The number of nitrogens with one attached hydrogen (secondary N) is 1. The first kappa shape index (κ1) is 19.7. The van der Waals surface area contributed by atoms with Crippen LogP contribution >= 0.6 is 0 Å². The third-order valence-corrected chi connectivity index (χ3v) is 5.03. The Morgan fingerprint density at radius 2 is 1.87 bits per heavy atom. The van der Waals surface area contributed by atoms with Crippen LogP contribution in [0, 0.1) is 11.7 Å². The quantitative estimate of drug-likeness (QED) is 0.700. The zero-order valence-electron chi connectivity index (χ0n) is 16.2. The molecular weight excluding hydrogens is 387 g/mol. The molecular formula is C21H21FN6O2. The number of anilines is 1. The van der Waals surface area contributed by atoms with Crippen LogP contribution in [0.2, 0.25) is 0 Å². The molecule has 0 aliphatic carbocycles. The van der Waals surface area contributed by atoms with Gasteiger partial charge in [-0.05, 0) is 47.9 Å². The van der Waals surface area contributed by atoms with Gasteiger partial charge in [0.15, 0.2) is 0 Å². The van der Waals surface area contributed by atoms with E-state index in [1.54, 1.807) is 4.90 Å². The fourth-order valence-electron chi connectivity index (χ4n) is 3.47. The van der Waals surface area contributed by atoms with Gasteiger partial charge in [0.1, 0.15) is 5.82 Å². The molecule has 0 bridgehead atoms. The Kier molecular flexibility index (Phi) is 5.78. The van der Waals surface area contributed by atoms with E-state index in [4.69, 9.17) is 0 Å². The van der Waals surface area contributed by atoms with Gasteiger partial charge in [0.05, 0.1) is 12.5 Å². The van der Waals surface area contributed by atoms with Gasteiger partial charge < -0.3 is 4.90 Å². The topological polar surface area (TPSA) is 93.0 Å². The molecule has 0 unspecified atom stereocenters. The molecule has 0 saturated carbocycles. The summed E-state index contributed by atoms with van der Waals surface area (Å²) in [6.45, 7) is 1.30. The molecule has 3 aromatic rings. The summed E-state index contributed by atoms with van der Waals surface area (Å²) in [5.41, 5.74) is 1.43. The first-order valence-electron chi connectivity index (χ1n) is 9.76. The van der Waals surface area contributed by atoms with E-state index in [0.717, 1.165) is 5.56 Å². The Bertz CT molecular complexity index is 1020. The normalized spacial score (nSPS) is 16.3. The smallest absolute Gasteiger partial charge is 0.270 e. The van der Waals surface area contributed by atoms with Gasteiger partial charge in [-0.15, -0.1) is 5.10 Å². The zero-order chi connectivity index (χ0) is 20.9. The van der Waals surface area contributed by atoms with Gasteiger partial charge in [0.2, 0.25) is 5.91 Å². The number of piperidine rings is 1. The summed E-state index contributed by atoms with van der Waals surface area (Å²) in [7, 11) is 0. The molecule has 1 aliphatic rings. The zero-order valence-corrected chi connectivity index (χ0v) is 16.2. The number of hydrogen-bond acceptors (Lipinski definition) is 5. The predicted molar refractivity (Wildman–Crippen MR) is 107 cm³/mol. The highest BCUT2D eigenvalue weighted by atomic mass is 19.1. The minimum absolute atomic E-state index is 0.137. The first-order valence-corrected chi connectivity index (χ1v) is 9.76. The molecule has 30 heavy (non-hydrogen) atoms. The van der Waals surface area contributed by atoms with Gasteiger partial charge in [0, 0.05) is 18.7 Å². The highest BCUT2D eigenvalue weighted by molar-refractivity contribution is 5.95. The van der Waals surface area contributed by atoms with Crippen LogP contribution in [-0.4, -0.2) is 50.0 Å². The minimum atomic E-state index is -0.393. The molecule has 8 nitrogen and oxygen atoms in total. The van der Waals surface area contributed by atoms with Crippen LogP contribution in [0.3, 0.4) is 0 Å². The molecule has 9 heteroatoms. The first-order chi connectivity index (χ1) is 14.6. The maximum Gasteiger partial charge on any atom is 0.270 e. The van der Waals surface area contributed by atoms with Crippen LogP contribution in [-0.2, 0) is 11.3 Å². The highest BCUT2D eigenvalue weighted by Gasteiger charge is 2.29. The third-order valence-electron chi connectivity index (χ3n) is 5.03. The molecule has 0 radical (unpaired) electrons. The van der Waals surface area contributed by atoms with E-state index in [-0.39, 0.29) is 23.7 Å². The summed E-state index contributed by atoms with van der Waals surface area (Å²) in [6.07, 6.45) is 1.37. The molecule has 1 aliphatic heterocycles. The highest BCUT2D eigenvalue weighted by Crippen LogP contribution is 2.20. The Morgan fingerprint density at radius 3 is 2.63 bits per heavy atom. The van der Waals surface area contributed by atoms with Crippen LogP contribution in [0.5, 0.6) is 0 Å². The SMILES string of the molecule is O=C(Nc1nnn(Cc2ccccc2)n1)[C@@H]1CCCN(C(=O)c2ccc(F)cc2)C1. The van der Waals surface area contributed by atoms with Crippen molar-refractivity contribution in [3.05, 3.63) is 71.5 Å². The number of hydrogen-bond donors (Lipinski definition) is 1. The lowest BCUT2D eigenvalue weighted by Gasteiger charge is -2.31. The molecule has 1 aromatic heterocycles. The second kappa shape index (κ2) is 8.81. The van der Waals surface area contributed by atoms with Gasteiger partial charge in [-0.1, -0.05) is 35.4 Å². The largest absolute Gasteiger partial charge is 0.338 e. The van der Waals surface area contributed by atoms with Gasteiger partial charge >= 0.3 is 0 Å². The molecule has 1 N–H and O–H groups in total. The number of likely N-dealkylation sites (tertiary alicyclic amines) is 1. The number of tetrazole rings is 1. The molecule has 2 amide bonds. The molecule has 1 saturated heterocycles. The number of rotatable bonds is 5. The molecule has 4 rings (SSSR count). The number of aromatic nitrogens is 4. The average Bonchev–Trinajstić information content (AvgIpc) is 3.21. The molecule has 1 atom stereocenters. The van der Waals surface area contributed by atoms with Crippen molar-refractivity contribution in [2.24, 2.45) is 5.92 Å². The predicted octanol–water partition coefficient (Wildman–Crippen LogP) is 2.35. The van der Waals surface area contributed by atoms with Crippen molar-refractivity contribution >= 4 is 17.8 Å². The lowest BCUT2D eigenvalue weighted by molar-refractivity contribution is -0.121. The van der Waals surface area contributed by atoms with E-state index in [1.165, 1.54) is 29.1 Å². The molecule has 1 fully saturated rings. The van der Waals surface area contributed by atoms with E-state index < -0.39 is 5.82 Å². The van der Waals surface area contributed by atoms with Gasteiger partial charge in [-0.3, -0.25) is 14.9 Å². The van der Waals surface area contributed by atoms with Crippen molar-refractivity contribution in [1.29, 1.82) is 0 Å². The van der Waals surface area contributed by atoms with E-state index in [2.05, 4.69) is 20.7 Å². The second-order valence-corrected chi connectivity index (χ2v) is 7.22. The van der Waals surface area contributed by atoms with Crippen molar-refractivity contribution in [2.75, 3.05) is 18.4 Å². The standard InChI is InChI=1S/C21H21FN6O2/c22-18-10-8-16(9-11-18)20(30)27-12-4-7-17(14-27)19(29)23-21-24-26-28(25-21)13-15-5-2-1-3-6-15/h1-3,5-6,8-11,17H,4,7,12-14H2,(H,23,25,29)/t17-/m1/s1. The monoisotopic (exact) mass is 408 g/mol. The fourth-order valence-corrected chi connectivity index (χ4v) is 3.47. The lowest BCUT2D eigenvalue weighted by Crippen LogP contribution is -2.43. The van der Waals surface area contributed by atoms with Crippen LogP contribution in [0.1, 0.15) is 28.8 Å². The summed E-state index contributed by atoms with van der Waals surface area (Å²) in [5, 5.41) is 14.7. The maximum absolute atomic E-state index is 13.1. The Balaban J connectivity index is 1.35. The number of halogens is 1. The van der Waals surface area contributed by atoms with E-state index in [0.29, 0.717) is 38.0 Å². The van der Waals surface area contributed by atoms with Crippen LogP contribution in [0.25, 0.3) is 0 Å². The summed E-state index contributed by atoms with van der Waals surface area (Å²) in [4.78, 5) is 28.4. The van der Waals surface area contributed by atoms with Crippen LogP contribution < -0.4 is 5.32 Å². The van der Waals surface area contributed by atoms with Crippen molar-refractivity contribution in [2.45, 2.75) is 19.4 Å². The lowest BCUT2D eigenvalue weighted by atomic mass is 9.96. The van der Waals surface area contributed by atoms with Gasteiger partial charge in [-0.2, -0.15) is 4.80 Å². The Labute approximate surface area is 172 Å². The second-order valence-electron chi connectivity index (χ2n) is 7.22. The third kappa shape index (κ3) is 4.68. The van der Waals surface area contributed by atoms with E-state index in [9.17, 15) is 14.0 Å². The maximum atomic E-state index is 13.1. The molecule has 2 heterocycles. The summed E-state index contributed by atoms with van der Waals surface area (Å²) in [6, 6.07) is 15.1. The average molecular weight is 408 g/mol. The number of benzene rings is 2. The van der Waals surface area contributed by atoms with Crippen LogP contribution in [0.4, 0.5) is 10.3 Å². The Morgan fingerprint density at radius 1 is 1.10 bits per heavy atom. The van der Waals surface area contributed by atoms with Crippen molar-refractivity contribution in [1.82, 2.24) is 25.1 Å². The van der Waals surface area contributed by atoms with E-state index in [1.807, 2.05) is 30.3 Å². The van der Waals surface area contributed by atoms with Gasteiger partial charge in [0.25, 0.3) is 11.9 Å². The van der Waals surface area contributed by atoms with Gasteiger partial charge in [-0.25, -0.2) is 4.39 Å². The summed E-state index contributed by atoms with van der Waals surface area (Å²) in [5.74, 6) is -1.08. The fraction of sp³-hybridized carbons (Fsp3) is 0.286. The number of carbonyl (C=O) groups is 2. The number of amides is 2. The summed E-state index contributed by atoms with van der Waals surface area (Å²) < 4.78 is 13.1. The molecule has 2 aromatic carbocycles. The van der Waals surface area contributed by atoms with Crippen molar-refractivity contribution in [3.8, 4) is 0 Å². The number of nitrogens with zero attached hydrogens (tertiary/aromatic N) is 5. The molecule has 154 valence electrons. The summed E-state index contributed by atoms with van der Waals surface area (Å²) >= 11 is 0. The van der Waals surface area contributed by atoms with Crippen LogP contribution in [0.15, 0.2) is 54.6 Å². The molecule has 0 spiro atoms. The van der Waals surface area contributed by atoms with Crippen molar-refractivity contribution < 1.29 is 14.0 Å². The van der Waals surface area contributed by atoms with Crippen molar-refractivity contribution in [3.63, 3.8) is 0 Å².